The average molecular weight is 328 g/mol. The van der Waals surface area contributed by atoms with E-state index in [2.05, 4.69) is 15.6 Å². The molecule has 7 heteroatoms. The van der Waals surface area contributed by atoms with E-state index in [1.54, 1.807) is 35.5 Å². The molecule has 0 saturated carbocycles. The number of pyridine rings is 1. The molecule has 0 bridgehead atoms. The standard InChI is InChI=1S/C17H20N4O3/c1-12-6-11-24-15(12)16(22)19-14-4-9-21(10-5-14)17(23)20-13-2-7-18-8-3-13/h2-3,6-8,11,14H,4-5,9-10H2,1H3,(H,19,22)(H,18,20,23). The minimum atomic E-state index is -0.197. The van der Waals surface area contributed by atoms with E-state index in [1.807, 2.05) is 6.92 Å². The highest BCUT2D eigenvalue weighted by molar-refractivity contribution is 5.93. The number of hydrogen-bond donors (Lipinski definition) is 2. The molecule has 2 aromatic rings. The van der Waals surface area contributed by atoms with Crippen LogP contribution in [0.3, 0.4) is 0 Å². The Labute approximate surface area is 140 Å². The fourth-order valence-corrected chi connectivity index (χ4v) is 2.72. The molecule has 3 heterocycles. The van der Waals surface area contributed by atoms with Crippen molar-refractivity contribution in [2.45, 2.75) is 25.8 Å². The molecule has 0 unspecified atom stereocenters. The first-order valence-electron chi connectivity index (χ1n) is 7.94. The predicted octanol–water partition coefficient (Wildman–Crippen LogP) is 2.41. The van der Waals surface area contributed by atoms with Gasteiger partial charge in [-0.1, -0.05) is 0 Å². The minimum Gasteiger partial charge on any atom is -0.459 e. The van der Waals surface area contributed by atoms with Gasteiger partial charge in [-0.05, 0) is 38.0 Å². The van der Waals surface area contributed by atoms with Gasteiger partial charge in [0, 0.05) is 42.8 Å². The lowest BCUT2D eigenvalue weighted by molar-refractivity contribution is 0.0890. The predicted molar refractivity (Wildman–Crippen MR) is 88.8 cm³/mol. The molecule has 0 aromatic carbocycles. The molecule has 24 heavy (non-hydrogen) atoms. The number of anilines is 1. The highest BCUT2D eigenvalue weighted by atomic mass is 16.3. The summed E-state index contributed by atoms with van der Waals surface area (Å²) in [5, 5.41) is 5.81. The maximum Gasteiger partial charge on any atom is 0.321 e. The number of aromatic nitrogens is 1. The summed E-state index contributed by atoms with van der Waals surface area (Å²) in [6.45, 7) is 3.03. The maximum absolute atomic E-state index is 12.2. The molecule has 0 radical (unpaired) electrons. The number of urea groups is 1. The van der Waals surface area contributed by atoms with E-state index in [0.717, 1.165) is 24.1 Å². The molecule has 0 atom stereocenters. The highest BCUT2D eigenvalue weighted by Crippen LogP contribution is 2.15. The Balaban J connectivity index is 1.48. The van der Waals surface area contributed by atoms with Gasteiger partial charge in [0.2, 0.25) is 0 Å². The number of carbonyl (C=O) groups is 2. The second-order valence-electron chi connectivity index (χ2n) is 5.83. The smallest absolute Gasteiger partial charge is 0.321 e. The van der Waals surface area contributed by atoms with Crippen LogP contribution in [-0.4, -0.2) is 41.0 Å². The Bertz CT molecular complexity index is 706. The van der Waals surface area contributed by atoms with E-state index in [9.17, 15) is 9.59 Å². The third kappa shape index (κ3) is 3.73. The zero-order valence-electron chi connectivity index (χ0n) is 13.5. The van der Waals surface area contributed by atoms with E-state index >= 15 is 0 Å². The van der Waals surface area contributed by atoms with Gasteiger partial charge in [-0.2, -0.15) is 0 Å². The molecule has 1 saturated heterocycles. The number of piperidine rings is 1. The largest absolute Gasteiger partial charge is 0.459 e. The van der Waals surface area contributed by atoms with E-state index in [-0.39, 0.29) is 18.0 Å². The van der Waals surface area contributed by atoms with Crippen LogP contribution in [0, 0.1) is 6.92 Å². The molecule has 3 rings (SSSR count). The fourth-order valence-electron chi connectivity index (χ4n) is 2.72. The number of carbonyl (C=O) groups excluding carboxylic acids is 2. The number of aryl methyl sites for hydroxylation is 1. The quantitative estimate of drug-likeness (QED) is 0.906. The van der Waals surface area contributed by atoms with Crippen LogP contribution in [0.5, 0.6) is 0 Å². The lowest BCUT2D eigenvalue weighted by Crippen LogP contribution is -2.47. The Hall–Kier alpha value is -2.83. The fraction of sp³-hybridized carbons (Fsp3) is 0.353. The number of rotatable bonds is 3. The summed E-state index contributed by atoms with van der Waals surface area (Å²) in [5.41, 5.74) is 1.54. The van der Waals surface area contributed by atoms with Gasteiger partial charge in [0.25, 0.3) is 5.91 Å². The lowest BCUT2D eigenvalue weighted by Gasteiger charge is -2.32. The Kier molecular flexibility index (Phi) is 4.79. The molecule has 1 aliphatic rings. The molecule has 7 nitrogen and oxygen atoms in total. The second kappa shape index (κ2) is 7.16. The van der Waals surface area contributed by atoms with Gasteiger partial charge in [0.05, 0.1) is 6.26 Å². The summed E-state index contributed by atoms with van der Waals surface area (Å²) in [6.07, 6.45) is 6.21. The zero-order valence-corrected chi connectivity index (χ0v) is 13.5. The molecule has 3 amide bonds. The van der Waals surface area contributed by atoms with Crippen LogP contribution in [0.1, 0.15) is 29.0 Å². The summed E-state index contributed by atoms with van der Waals surface area (Å²) in [6, 6.07) is 5.17. The third-order valence-corrected chi connectivity index (χ3v) is 4.12. The van der Waals surface area contributed by atoms with Crippen LogP contribution in [-0.2, 0) is 0 Å². The van der Waals surface area contributed by atoms with Gasteiger partial charge in [-0.25, -0.2) is 4.79 Å². The van der Waals surface area contributed by atoms with Crippen LogP contribution in [0.2, 0.25) is 0 Å². The van der Waals surface area contributed by atoms with Crippen molar-refractivity contribution in [1.29, 1.82) is 0 Å². The van der Waals surface area contributed by atoms with Gasteiger partial charge in [-0.15, -0.1) is 0 Å². The molecule has 1 aliphatic heterocycles. The normalized spacial score (nSPS) is 15.1. The van der Waals surface area contributed by atoms with Crippen LogP contribution < -0.4 is 10.6 Å². The van der Waals surface area contributed by atoms with E-state index in [1.165, 1.54) is 6.26 Å². The first-order chi connectivity index (χ1) is 11.6. The molecular formula is C17H20N4O3. The maximum atomic E-state index is 12.2. The Morgan fingerprint density at radius 2 is 1.92 bits per heavy atom. The summed E-state index contributed by atoms with van der Waals surface area (Å²) in [5.74, 6) is 0.157. The molecule has 1 fully saturated rings. The number of nitrogens with one attached hydrogen (secondary N) is 2. The number of nitrogens with zero attached hydrogens (tertiary/aromatic N) is 2. The summed E-state index contributed by atoms with van der Waals surface area (Å²) >= 11 is 0. The molecule has 0 aliphatic carbocycles. The first kappa shape index (κ1) is 16.0. The number of hydrogen-bond acceptors (Lipinski definition) is 4. The van der Waals surface area contributed by atoms with E-state index < -0.39 is 0 Å². The van der Waals surface area contributed by atoms with Gasteiger partial charge < -0.3 is 20.0 Å². The lowest BCUT2D eigenvalue weighted by atomic mass is 10.1. The van der Waals surface area contributed by atoms with Gasteiger partial charge in [0.15, 0.2) is 5.76 Å². The minimum absolute atomic E-state index is 0.0481. The van der Waals surface area contributed by atoms with Crippen molar-refractivity contribution in [3.63, 3.8) is 0 Å². The first-order valence-corrected chi connectivity index (χ1v) is 7.94. The van der Waals surface area contributed by atoms with Crippen molar-refractivity contribution in [1.82, 2.24) is 15.2 Å². The van der Waals surface area contributed by atoms with Gasteiger partial charge in [-0.3, -0.25) is 9.78 Å². The summed E-state index contributed by atoms with van der Waals surface area (Å²) < 4.78 is 5.20. The van der Waals surface area contributed by atoms with Crippen molar-refractivity contribution in [3.05, 3.63) is 48.2 Å². The Morgan fingerprint density at radius 1 is 1.21 bits per heavy atom. The van der Waals surface area contributed by atoms with Gasteiger partial charge in [0.1, 0.15) is 0 Å². The molecule has 126 valence electrons. The number of amides is 3. The van der Waals surface area contributed by atoms with Crippen LogP contribution in [0.4, 0.5) is 10.5 Å². The van der Waals surface area contributed by atoms with Crippen molar-refractivity contribution >= 4 is 17.6 Å². The van der Waals surface area contributed by atoms with E-state index in [4.69, 9.17) is 4.42 Å². The number of likely N-dealkylation sites (tertiary alicyclic amines) is 1. The average Bonchev–Trinajstić information content (AvgIpc) is 3.02. The summed E-state index contributed by atoms with van der Waals surface area (Å²) in [4.78, 5) is 30.0. The Morgan fingerprint density at radius 3 is 2.54 bits per heavy atom. The van der Waals surface area contributed by atoms with Crippen LogP contribution in [0.15, 0.2) is 41.3 Å². The van der Waals surface area contributed by atoms with Crippen molar-refractivity contribution in [2.24, 2.45) is 0 Å². The summed E-state index contributed by atoms with van der Waals surface area (Å²) in [7, 11) is 0. The molecule has 2 N–H and O–H groups in total. The molecule has 2 aromatic heterocycles. The topological polar surface area (TPSA) is 87.5 Å². The zero-order chi connectivity index (χ0) is 16.9. The van der Waals surface area contributed by atoms with Crippen molar-refractivity contribution in [2.75, 3.05) is 18.4 Å². The van der Waals surface area contributed by atoms with E-state index in [0.29, 0.717) is 18.8 Å². The SMILES string of the molecule is Cc1ccoc1C(=O)NC1CCN(C(=O)Nc2ccncc2)CC1. The molecular weight excluding hydrogens is 308 g/mol. The third-order valence-electron chi connectivity index (χ3n) is 4.12. The van der Waals surface area contributed by atoms with Gasteiger partial charge >= 0.3 is 6.03 Å². The van der Waals surface area contributed by atoms with Crippen LogP contribution >= 0.6 is 0 Å². The monoisotopic (exact) mass is 328 g/mol. The molecule has 0 spiro atoms. The van der Waals surface area contributed by atoms with Crippen LogP contribution in [0.25, 0.3) is 0 Å². The number of furan rings is 1. The second-order valence-corrected chi connectivity index (χ2v) is 5.83. The van der Waals surface area contributed by atoms with Crippen molar-refractivity contribution < 1.29 is 14.0 Å². The van der Waals surface area contributed by atoms with Crippen molar-refractivity contribution in [3.8, 4) is 0 Å². The highest BCUT2D eigenvalue weighted by Gasteiger charge is 2.25.